The van der Waals surface area contributed by atoms with Crippen LogP contribution in [0, 0.1) is 0 Å². The second-order valence-corrected chi connectivity index (χ2v) is 9.75. The quantitative estimate of drug-likeness (QED) is 0.258. The summed E-state index contributed by atoms with van der Waals surface area (Å²) in [5.41, 5.74) is 2.95. The van der Waals surface area contributed by atoms with Crippen LogP contribution < -0.4 is 15.4 Å². The number of piperidine rings is 1. The number of benzene rings is 2. The van der Waals surface area contributed by atoms with Gasteiger partial charge in [0.05, 0.1) is 6.61 Å². The number of rotatable bonds is 11. The molecule has 3 heterocycles. The van der Waals surface area contributed by atoms with Crippen molar-refractivity contribution < 1.29 is 23.9 Å². The number of hydrogen-bond acceptors (Lipinski definition) is 6. The van der Waals surface area contributed by atoms with Gasteiger partial charge in [0.25, 0.3) is 11.8 Å². The zero-order valence-corrected chi connectivity index (χ0v) is 21.6. The van der Waals surface area contributed by atoms with E-state index in [2.05, 4.69) is 20.6 Å². The summed E-state index contributed by atoms with van der Waals surface area (Å²) in [4.78, 5) is 57.6. The molecule has 1 unspecified atom stereocenters. The lowest BCUT2D eigenvalue weighted by atomic mass is 10.0. The van der Waals surface area contributed by atoms with Gasteiger partial charge in [-0.1, -0.05) is 25.0 Å². The number of aromatic nitrogens is 2. The number of carbonyl (C=O) groups is 4. The molecule has 0 bridgehead atoms. The normalized spacial score (nSPS) is 16.7. The second-order valence-electron chi connectivity index (χ2n) is 9.75. The number of aromatic amines is 1. The van der Waals surface area contributed by atoms with Crippen LogP contribution in [0.1, 0.15) is 64.8 Å². The molecule has 202 valence electrons. The first kappa shape index (κ1) is 26.1. The highest BCUT2D eigenvalue weighted by Gasteiger charge is 2.39. The van der Waals surface area contributed by atoms with E-state index in [1.165, 1.54) is 4.90 Å². The Labute approximate surface area is 226 Å². The number of nitrogens with zero attached hydrogens (tertiary/aromatic N) is 2. The predicted octanol–water partition coefficient (Wildman–Crippen LogP) is 3.21. The summed E-state index contributed by atoms with van der Waals surface area (Å²) < 4.78 is 5.89. The van der Waals surface area contributed by atoms with E-state index in [-0.39, 0.29) is 24.1 Å². The maximum absolute atomic E-state index is 12.8. The monoisotopic (exact) mass is 529 g/mol. The fourth-order valence-electron chi connectivity index (χ4n) is 4.92. The van der Waals surface area contributed by atoms with Crippen molar-refractivity contribution in [1.29, 1.82) is 0 Å². The fraction of sp³-hybridized carbons (Fsp3) is 0.345. The number of H-pyrrole nitrogens is 1. The van der Waals surface area contributed by atoms with Crippen molar-refractivity contribution in [3.63, 3.8) is 0 Å². The Morgan fingerprint density at radius 3 is 2.64 bits per heavy atom. The maximum atomic E-state index is 12.8. The van der Waals surface area contributed by atoms with Gasteiger partial charge in [-0.3, -0.25) is 24.5 Å². The van der Waals surface area contributed by atoms with E-state index in [4.69, 9.17) is 4.74 Å². The van der Waals surface area contributed by atoms with Gasteiger partial charge in [0, 0.05) is 48.6 Å². The number of nitrogens with one attached hydrogen (secondary N) is 3. The summed E-state index contributed by atoms with van der Waals surface area (Å²) in [6.07, 6.45) is 7.74. The van der Waals surface area contributed by atoms with E-state index in [1.807, 2.05) is 18.2 Å². The molecule has 1 aromatic heterocycles. The first-order valence-electron chi connectivity index (χ1n) is 13.3. The van der Waals surface area contributed by atoms with Crippen molar-refractivity contribution >= 4 is 23.6 Å². The Bertz CT molecular complexity index is 1350. The zero-order valence-electron chi connectivity index (χ0n) is 21.6. The largest absolute Gasteiger partial charge is 0.494 e. The van der Waals surface area contributed by atoms with Crippen molar-refractivity contribution in [3.8, 4) is 17.1 Å². The summed E-state index contributed by atoms with van der Waals surface area (Å²) in [5, 5.41) is 5.28. The molecular weight excluding hydrogens is 498 g/mol. The van der Waals surface area contributed by atoms with Crippen LogP contribution in [-0.2, 0) is 16.1 Å². The number of fused-ring (bicyclic) bond motifs is 1. The minimum absolute atomic E-state index is 0.0874. The van der Waals surface area contributed by atoms with E-state index < -0.39 is 11.9 Å². The second kappa shape index (κ2) is 11.9. The number of amides is 4. The lowest BCUT2D eigenvalue weighted by Gasteiger charge is -2.29. The molecule has 3 N–H and O–H groups in total. The topological polar surface area (TPSA) is 133 Å². The minimum Gasteiger partial charge on any atom is -0.494 e. The highest BCUT2D eigenvalue weighted by Crippen LogP contribution is 2.30. The lowest BCUT2D eigenvalue weighted by Crippen LogP contribution is -2.52. The number of imidazole rings is 1. The van der Waals surface area contributed by atoms with Gasteiger partial charge in [-0.15, -0.1) is 0 Å². The molecular formula is C29H31N5O5. The van der Waals surface area contributed by atoms with Gasteiger partial charge in [-0.2, -0.15) is 0 Å². The van der Waals surface area contributed by atoms with Crippen LogP contribution in [-0.4, -0.2) is 57.7 Å². The van der Waals surface area contributed by atoms with Gasteiger partial charge >= 0.3 is 0 Å². The van der Waals surface area contributed by atoms with Gasteiger partial charge < -0.3 is 19.9 Å². The Morgan fingerprint density at radius 2 is 1.87 bits per heavy atom. The van der Waals surface area contributed by atoms with Crippen LogP contribution in [0.15, 0.2) is 54.9 Å². The highest BCUT2D eigenvalue weighted by molar-refractivity contribution is 6.05. The Morgan fingerprint density at radius 1 is 1.05 bits per heavy atom. The van der Waals surface area contributed by atoms with Gasteiger partial charge in [-0.25, -0.2) is 4.98 Å². The summed E-state index contributed by atoms with van der Waals surface area (Å²) in [5.74, 6) is 0.474. The number of imide groups is 1. The standard InChI is InChI=1S/C29H31N5O5/c35-25-12-11-24(28(37)33-25)34-18-21-17-22(9-10-23(21)29(34)38)39-16-4-2-1-3-13-32-27(36)20-7-5-19(6-8-20)26-30-14-15-31-26/h5-10,14-15,17,24H,1-4,11-13,16,18H2,(H,30,31)(H,32,36)(H,33,35,37). The number of carbonyl (C=O) groups excluding carboxylic acids is 4. The molecule has 3 aromatic rings. The minimum atomic E-state index is -0.621. The number of unbranched alkanes of at least 4 members (excludes halogenated alkanes) is 3. The maximum Gasteiger partial charge on any atom is 0.255 e. The molecule has 4 amide bonds. The Kier molecular flexibility index (Phi) is 8.00. The molecule has 2 aromatic carbocycles. The number of ether oxygens (including phenoxy) is 1. The third kappa shape index (κ3) is 6.17. The fourth-order valence-corrected chi connectivity index (χ4v) is 4.92. The molecule has 2 aliphatic rings. The average Bonchev–Trinajstić information content (AvgIpc) is 3.59. The van der Waals surface area contributed by atoms with Crippen molar-refractivity contribution in [3.05, 3.63) is 71.5 Å². The number of hydrogen-bond donors (Lipinski definition) is 3. The highest BCUT2D eigenvalue weighted by atomic mass is 16.5. The van der Waals surface area contributed by atoms with E-state index in [0.717, 1.165) is 42.6 Å². The van der Waals surface area contributed by atoms with E-state index in [9.17, 15) is 19.2 Å². The van der Waals surface area contributed by atoms with Crippen molar-refractivity contribution in [2.75, 3.05) is 13.2 Å². The molecule has 1 fully saturated rings. The molecule has 1 saturated heterocycles. The molecule has 0 aliphatic carbocycles. The summed E-state index contributed by atoms with van der Waals surface area (Å²) in [7, 11) is 0. The molecule has 0 saturated carbocycles. The van der Waals surface area contributed by atoms with Crippen molar-refractivity contribution in [2.24, 2.45) is 0 Å². The molecule has 5 rings (SSSR count). The van der Waals surface area contributed by atoms with Gasteiger partial charge in [0.1, 0.15) is 17.6 Å². The van der Waals surface area contributed by atoms with Crippen LogP contribution in [0.5, 0.6) is 5.75 Å². The van der Waals surface area contributed by atoms with Gasteiger partial charge in [0.2, 0.25) is 11.8 Å². The molecule has 2 aliphatic heterocycles. The Hall–Kier alpha value is -4.47. The van der Waals surface area contributed by atoms with Crippen LogP contribution in [0.3, 0.4) is 0 Å². The molecule has 0 radical (unpaired) electrons. The van der Waals surface area contributed by atoms with E-state index in [0.29, 0.717) is 43.0 Å². The van der Waals surface area contributed by atoms with Gasteiger partial charge in [-0.05, 0) is 55.2 Å². The first-order chi connectivity index (χ1) is 19.0. The molecule has 39 heavy (non-hydrogen) atoms. The summed E-state index contributed by atoms with van der Waals surface area (Å²) in [6.45, 7) is 1.50. The summed E-state index contributed by atoms with van der Waals surface area (Å²) in [6, 6.07) is 12.1. The van der Waals surface area contributed by atoms with Crippen LogP contribution in [0.4, 0.5) is 0 Å². The molecule has 10 heteroatoms. The van der Waals surface area contributed by atoms with Crippen LogP contribution in [0.2, 0.25) is 0 Å². The Balaban J connectivity index is 0.979. The van der Waals surface area contributed by atoms with Crippen molar-refractivity contribution in [1.82, 2.24) is 25.5 Å². The molecule has 1 atom stereocenters. The zero-order chi connectivity index (χ0) is 27.2. The van der Waals surface area contributed by atoms with Crippen molar-refractivity contribution in [2.45, 2.75) is 51.1 Å². The van der Waals surface area contributed by atoms with E-state index in [1.54, 1.807) is 36.7 Å². The predicted molar refractivity (Wildman–Crippen MR) is 143 cm³/mol. The summed E-state index contributed by atoms with van der Waals surface area (Å²) >= 11 is 0. The third-order valence-corrected chi connectivity index (χ3v) is 7.04. The average molecular weight is 530 g/mol. The smallest absolute Gasteiger partial charge is 0.255 e. The van der Waals surface area contributed by atoms with E-state index >= 15 is 0 Å². The molecule has 0 spiro atoms. The lowest BCUT2D eigenvalue weighted by molar-refractivity contribution is -0.136. The van der Waals surface area contributed by atoms with Crippen LogP contribution >= 0.6 is 0 Å². The first-order valence-corrected chi connectivity index (χ1v) is 13.3. The molecule has 10 nitrogen and oxygen atoms in total. The third-order valence-electron chi connectivity index (χ3n) is 7.04. The van der Waals surface area contributed by atoms with Crippen LogP contribution in [0.25, 0.3) is 11.4 Å². The van der Waals surface area contributed by atoms with Gasteiger partial charge in [0.15, 0.2) is 0 Å². The SMILES string of the molecule is O=C1CCC(N2Cc3cc(OCCCCCCNC(=O)c4ccc(-c5ncc[nH]5)cc4)ccc3C2=O)C(=O)N1.